The zero-order valence-corrected chi connectivity index (χ0v) is 20.3. The minimum atomic E-state index is -0.0533. The molecule has 1 heterocycles. The third-order valence-corrected chi connectivity index (χ3v) is 6.19. The van der Waals surface area contributed by atoms with Crippen molar-refractivity contribution in [2.75, 3.05) is 44.3 Å². The Kier molecular flexibility index (Phi) is 8.65. The maximum absolute atomic E-state index is 13.4. The van der Waals surface area contributed by atoms with Crippen molar-refractivity contribution in [2.24, 2.45) is 0 Å². The van der Waals surface area contributed by atoms with Gasteiger partial charge in [-0.15, -0.1) is 0 Å². The Balaban J connectivity index is 1.40. The van der Waals surface area contributed by atoms with Gasteiger partial charge < -0.3 is 15.0 Å². The molecule has 1 saturated heterocycles. The molecule has 0 aliphatic carbocycles. The summed E-state index contributed by atoms with van der Waals surface area (Å²) < 4.78 is 5.36. The smallest absolute Gasteiger partial charge is 0.258 e. The van der Waals surface area contributed by atoms with Gasteiger partial charge in [-0.3, -0.25) is 14.5 Å². The van der Waals surface area contributed by atoms with Gasteiger partial charge >= 0.3 is 0 Å². The number of ether oxygens (including phenoxy) is 1. The second-order valence-electron chi connectivity index (χ2n) is 8.89. The van der Waals surface area contributed by atoms with Gasteiger partial charge in [0.1, 0.15) is 0 Å². The number of morpholine rings is 1. The summed E-state index contributed by atoms with van der Waals surface area (Å²) in [6, 6.07) is 25.3. The van der Waals surface area contributed by atoms with Gasteiger partial charge in [-0.25, -0.2) is 0 Å². The molecular weight excluding hydrogens is 438 g/mol. The monoisotopic (exact) mass is 471 g/mol. The second kappa shape index (κ2) is 12.3. The van der Waals surface area contributed by atoms with Crippen molar-refractivity contribution in [1.29, 1.82) is 0 Å². The van der Waals surface area contributed by atoms with Gasteiger partial charge in [-0.05, 0) is 42.3 Å². The van der Waals surface area contributed by atoms with Gasteiger partial charge in [0, 0.05) is 37.4 Å². The molecule has 0 atom stereocenters. The molecule has 3 aromatic carbocycles. The van der Waals surface area contributed by atoms with Crippen LogP contribution in [0.4, 0.5) is 5.69 Å². The van der Waals surface area contributed by atoms with Gasteiger partial charge in [0.05, 0.1) is 26.2 Å². The summed E-state index contributed by atoms with van der Waals surface area (Å²) in [5.74, 6) is -0.0506. The Morgan fingerprint density at radius 3 is 2.26 bits per heavy atom. The van der Waals surface area contributed by atoms with E-state index < -0.39 is 0 Å². The molecule has 1 N–H and O–H groups in total. The number of anilines is 1. The number of aryl methyl sites for hydroxylation is 1. The molecule has 0 saturated carbocycles. The molecule has 1 aliphatic heterocycles. The van der Waals surface area contributed by atoms with Crippen LogP contribution in [0.2, 0.25) is 0 Å². The van der Waals surface area contributed by atoms with E-state index in [1.807, 2.05) is 85.8 Å². The van der Waals surface area contributed by atoms with Crippen LogP contribution in [0.15, 0.2) is 78.9 Å². The van der Waals surface area contributed by atoms with E-state index in [-0.39, 0.29) is 11.8 Å². The minimum Gasteiger partial charge on any atom is -0.379 e. The van der Waals surface area contributed by atoms with Crippen LogP contribution < -0.4 is 10.2 Å². The summed E-state index contributed by atoms with van der Waals surface area (Å²) in [7, 11) is 0. The van der Waals surface area contributed by atoms with E-state index in [4.69, 9.17) is 4.74 Å². The summed E-state index contributed by atoms with van der Waals surface area (Å²) >= 11 is 0. The fourth-order valence-electron chi connectivity index (χ4n) is 4.12. The lowest BCUT2D eigenvalue weighted by Crippen LogP contribution is -2.41. The van der Waals surface area contributed by atoms with Crippen LogP contribution in [0.3, 0.4) is 0 Å². The first-order valence-corrected chi connectivity index (χ1v) is 12.2. The summed E-state index contributed by atoms with van der Waals surface area (Å²) in [6.45, 7) is 7.29. The van der Waals surface area contributed by atoms with E-state index in [2.05, 4.69) is 10.2 Å². The van der Waals surface area contributed by atoms with E-state index in [1.54, 1.807) is 4.90 Å². The molecule has 0 radical (unpaired) electrons. The number of nitrogens with zero attached hydrogens (tertiary/aromatic N) is 2. The Bertz CT molecular complexity index is 1090. The summed E-state index contributed by atoms with van der Waals surface area (Å²) in [5.41, 5.74) is 4.53. The number of hydrogen-bond donors (Lipinski definition) is 1. The van der Waals surface area contributed by atoms with Crippen molar-refractivity contribution in [3.8, 4) is 0 Å². The van der Waals surface area contributed by atoms with Crippen molar-refractivity contribution in [2.45, 2.75) is 19.9 Å². The standard InChI is InChI=1S/C29H33N3O3/c1-23-7-11-26(12-8-23)29(34)32(22-25-5-3-2-4-6-25)27-13-9-24(10-14-27)21-28(33)30-15-16-31-17-19-35-20-18-31/h2-14H,15-22H2,1H3,(H,30,33). The van der Waals surface area contributed by atoms with Gasteiger partial charge in [-0.2, -0.15) is 0 Å². The molecule has 1 fully saturated rings. The lowest BCUT2D eigenvalue weighted by atomic mass is 10.1. The van der Waals surface area contributed by atoms with Crippen molar-refractivity contribution in [3.05, 3.63) is 101 Å². The quantitative estimate of drug-likeness (QED) is 0.515. The Morgan fingerprint density at radius 2 is 1.57 bits per heavy atom. The van der Waals surface area contributed by atoms with Crippen LogP contribution in [-0.4, -0.2) is 56.1 Å². The fourth-order valence-corrected chi connectivity index (χ4v) is 4.12. The molecule has 0 aromatic heterocycles. The van der Waals surface area contributed by atoms with Crippen LogP contribution in [-0.2, 0) is 22.5 Å². The number of carbonyl (C=O) groups is 2. The number of rotatable bonds is 9. The van der Waals surface area contributed by atoms with Crippen LogP contribution in [0.5, 0.6) is 0 Å². The van der Waals surface area contributed by atoms with Crippen molar-refractivity contribution < 1.29 is 14.3 Å². The highest BCUT2D eigenvalue weighted by Crippen LogP contribution is 2.22. The van der Waals surface area contributed by atoms with Crippen LogP contribution in [0.1, 0.15) is 27.0 Å². The topological polar surface area (TPSA) is 61.9 Å². The molecule has 0 unspecified atom stereocenters. The fraction of sp³-hybridized carbons (Fsp3) is 0.310. The van der Waals surface area contributed by atoms with Gasteiger partial charge in [0.25, 0.3) is 5.91 Å². The zero-order valence-electron chi connectivity index (χ0n) is 20.3. The highest BCUT2D eigenvalue weighted by Gasteiger charge is 2.18. The third-order valence-electron chi connectivity index (χ3n) is 6.19. The van der Waals surface area contributed by atoms with Crippen LogP contribution in [0.25, 0.3) is 0 Å². The molecule has 35 heavy (non-hydrogen) atoms. The molecule has 6 nitrogen and oxygen atoms in total. The van der Waals surface area contributed by atoms with Crippen molar-refractivity contribution in [3.63, 3.8) is 0 Å². The summed E-state index contributed by atoms with van der Waals surface area (Å²) in [6.07, 6.45) is 0.313. The van der Waals surface area contributed by atoms with E-state index in [1.165, 1.54) is 0 Å². The third kappa shape index (κ3) is 7.25. The number of benzene rings is 3. The van der Waals surface area contributed by atoms with Gasteiger partial charge in [-0.1, -0.05) is 60.2 Å². The van der Waals surface area contributed by atoms with Crippen LogP contribution >= 0.6 is 0 Å². The predicted molar refractivity (Wildman–Crippen MR) is 139 cm³/mol. The average Bonchev–Trinajstić information content (AvgIpc) is 2.89. The Morgan fingerprint density at radius 1 is 0.886 bits per heavy atom. The van der Waals surface area contributed by atoms with E-state index in [0.29, 0.717) is 25.1 Å². The Hall–Kier alpha value is -3.48. The highest BCUT2D eigenvalue weighted by molar-refractivity contribution is 6.06. The first kappa shape index (κ1) is 24.6. The zero-order chi connectivity index (χ0) is 24.5. The number of carbonyl (C=O) groups excluding carboxylic acids is 2. The first-order chi connectivity index (χ1) is 17.1. The maximum Gasteiger partial charge on any atom is 0.258 e. The number of amides is 2. The first-order valence-electron chi connectivity index (χ1n) is 12.2. The van der Waals surface area contributed by atoms with E-state index in [0.717, 1.165) is 55.2 Å². The molecule has 3 aromatic rings. The number of hydrogen-bond acceptors (Lipinski definition) is 4. The minimum absolute atomic E-state index is 0.00267. The number of nitrogens with one attached hydrogen (secondary N) is 1. The van der Waals surface area contributed by atoms with Crippen LogP contribution in [0, 0.1) is 6.92 Å². The normalized spacial score (nSPS) is 13.9. The van der Waals surface area contributed by atoms with Gasteiger partial charge in [0.2, 0.25) is 5.91 Å². The average molecular weight is 472 g/mol. The molecule has 0 bridgehead atoms. The van der Waals surface area contributed by atoms with Crippen molar-refractivity contribution in [1.82, 2.24) is 10.2 Å². The summed E-state index contributed by atoms with van der Waals surface area (Å²) in [5, 5.41) is 3.01. The van der Waals surface area contributed by atoms with E-state index in [9.17, 15) is 9.59 Å². The molecule has 182 valence electrons. The molecular formula is C29H33N3O3. The molecule has 4 rings (SSSR count). The summed E-state index contributed by atoms with van der Waals surface area (Å²) in [4.78, 5) is 29.9. The van der Waals surface area contributed by atoms with Gasteiger partial charge in [0.15, 0.2) is 0 Å². The lowest BCUT2D eigenvalue weighted by molar-refractivity contribution is -0.120. The van der Waals surface area contributed by atoms with Crippen molar-refractivity contribution >= 4 is 17.5 Å². The lowest BCUT2D eigenvalue weighted by Gasteiger charge is -2.26. The molecule has 1 aliphatic rings. The predicted octanol–water partition coefficient (Wildman–Crippen LogP) is 3.83. The second-order valence-corrected chi connectivity index (χ2v) is 8.89. The maximum atomic E-state index is 13.4. The Labute approximate surface area is 207 Å². The largest absolute Gasteiger partial charge is 0.379 e. The van der Waals surface area contributed by atoms with E-state index >= 15 is 0 Å². The molecule has 2 amide bonds. The molecule has 0 spiro atoms. The SMILES string of the molecule is Cc1ccc(C(=O)N(Cc2ccccc2)c2ccc(CC(=O)NCCN3CCOCC3)cc2)cc1. The highest BCUT2D eigenvalue weighted by atomic mass is 16.5. The molecule has 6 heteroatoms.